The molecule has 30 heavy (non-hydrogen) atoms. The lowest BCUT2D eigenvalue weighted by Gasteiger charge is -2.08. The van der Waals surface area contributed by atoms with Gasteiger partial charge in [0, 0.05) is 12.1 Å². The Hall–Kier alpha value is -3.01. The molecule has 0 saturated heterocycles. The van der Waals surface area contributed by atoms with Crippen molar-refractivity contribution in [1.82, 2.24) is 15.5 Å². The average molecular weight is 437 g/mol. The van der Waals surface area contributed by atoms with Crippen molar-refractivity contribution in [1.29, 1.82) is 0 Å². The van der Waals surface area contributed by atoms with Gasteiger partial charge in [0.15, 0.2) is 0 Å². The largest absolute Gasteiger partial charge is 0.497 e. The summed E-state index contributed by atoms with van der Waals surface area (Å²) < 4.78 is 48.3. The standard InChI is InChI=1S/C20H18F3N3O3S/c1-28-16-8-4-14(5-9-16)18-25-26-19(29-18)30-12-17(27)24-11-10-13-2-6-15(7-3-13)20(21,22)23/h2-9H,10-12H2,1H3,(H,24,27). The van der Waals surface area contributed by atoms with Crippen LogP contribution in [-0.2, 0) is 17.4 Å². The van der Waals surface area contributed by atoms with E-state index >= 15 is 0 Å². The number of benzene rings is 2. The van der Waals surface area contributed by atoms with Crippen LogP contribution in [0.1, 0.15) is 11.1 Å². The summed E-state index contributed by atoms with van der Waals surface area (Å²) in [5, 5.41) is 10.8. The highest BCUT2D eigenvalue weighted by atomic mass is 32.2. The Labute approximate surface area is 174 Å². The zero-order chi connectivity index (χ0) is 21.6. The lowest BCUT2D eigenvalue weighted by Crippen LogP contribution is -2.27. The average Bonchev–Trinajstić information content (AvgIpc) is 3.21. The van der Waals surface area contributed by atoms with Gasteiger partial charge >= 0.3 is 6.18 Å². The smallest absolute Gasteiger partial charge is 0.416 e. The number of nitrogens with one attached hydrogen (secondary N) is 1. The van der Waals surface area contributed by atoms with Crippen molar-refractivity contribution < 1.29 is 27.1 Å². The third-order valence-corrected chi connectivity index (χ3v) is 4.91. The lowest BCUT2D eigenvalue weighted by atomic mass is 10.1. The maximum atomic E-state index is 12.5. The van der Waals surface area contributed by atoms with Gasteiger partial charge in [-0.1, -0.05) is 23.9 Å². The second kappa shape index (κ2) is 9.66. The summed E-state index contributed by atoms with van der Waals surface area (Å²) in [6, 6.07) is 12.0. The fourth-order valence-corrected chi connectivity index (χ4v) is 3.10. The summed E-state index contributed by atoms with van der Waals surface area (Å²) in [5.74, 6) is 0.886. The van der Waals surface area contributed by atoms with Gasteiger partial charge in [-0.25, -0.2) is 0 Å². The molecule has 0 radical (unpaired) electrons. The van der Waals surface area contributed by atoms with E-state index in [0.717, 1.165) is 29.5 Å². The number of amides is 1. The predicted molar refractivity (Wildman–Crippen MR) is 105 cm³/mol. The summed E-state index contributed by atoms with van der Waals surface area (Å²) in [6.07, 6.45) is -3.93. The van der Waals surface area contributed by atoms with Crippen LogP contribution in [-0.4, -0.2) is 35.5 Å². The first kappa shape index (κ1) is 21.7. The van der Waals surface area contributed by atoms with Crippen LogP contribution in [0, 0.1) is 0 Å². The molecule has 0 bridgehead atoms. The molecule has 0 aliphatic heterocycles. The van der Waals surface area contributed by atoms with E-state index < -0.39 is 11.7 Å². The van der Waals surface area contributed by atoms with E-state index in [9.17, 15) is 18.0 Å². The first-order valence-corrected chi connectivity index (χ1v) is 9.87. The quantitative estimate of drug-likeness (QED) is 0.532. The highest BCUT2D eigenvalue weighted by Crippen LogP contribution is 2.29. The highest BCUT2D eigenvalue weighted by Gasteiger charge is 2.29. The topological polar surface area (TPSA) is 77.2 Å². The summed E-state index contributed by atoms with van der Waals surface area (Å²) in [4.78, 5) is 12.0. The molecule has 1 aromatic heterocycles. The van der Waals surface area contributed by atoms with Crippen LogP contribution in [0.4, 0.5) is 13.2 Å². The number of aromatic nitrogens is 2. The molecule has 0 aliphatic rings. The Morgan fingerprint density at radius 1 is 1.10 bits per heavy atom. The molecule has 3 rings (SSSR count). The van der Waals surface area contributed by atoms with Gasteiger partial charge in [-0.05, 0) is 48.4 Å². The van der Waals surface area contributed by atoms with Crippen molar-refractivity contribution in [2.45, 2.75) is 17.8 Å². The van der Waals surface area contributed by atoms with Crippen molar-refractivity contribution in [3.8, 4) is 17.2 Å². The van der Waals surface area contributed by atoms with Crippen LogP contribution in [0.25, 0.3) is 11.5 Å². The van der Waals surface area contributed by atoms with Crippen molar-refractivity contribution in [3.05, 3.63) is 59.7 Å². The Morgan fingerprint density at radius 2 is 1.80 bits per heavy atom. The normalized spacial score (nSPS) is 11.3. The number of methoxy groups -OCH3 is 1. The van der Waals surface area contributed by atoms with E-state index in [0.29, 0.717) is 30.2 Å². The van der Waals surface area contributed by atoms with Gasteiger partial charge in [-0.2, -0.15) is 13.2 Å². The van der Waals surface area contributed by atoms with Gasteiger partial charge in [0.1, 0.15) is 5.75 Å². The summed E-state index contributed by atoms with van der Waals surface area (Å²) in [7, 11) is 1.57. The Morgan fingerprint density at radius 3 is 2.43 bits per heavy atom. The van der Waals surface area contributed by atoms with Gasteiger partial charge in [0.25, 0.3) is 5.22 Å². The number of nitrogens with zero attached hydrogens (tertiary/aromatic N) is 2. The highest BCUT2D eigenvalue weighted by molar-refractivity contribution is 7.99. The summed E-state index contributed by atoms with van der Waals surface area (Å²) >= 11 is 1.10. The third-order valence-electron chi connectivity index (χ3n) is 4.09. The molecule has 0 aliphatic carbocycles. The van der Waals surface area contributed by atoms with Crippen LogP contribution >= 0.6 is 11.8 Å². The molecular formula is C20H18F3N3O3S. The third kappa shape index (κ3) is 5.99. The molecule has 0 atom stereocenters. The molecule has 10 heteroatoms. The van der Waals surface area contributed by atoms with Crippen LogP contribution in [0.3, 0.4) is 0 Å². The van der Waals surface area contributed by atoms with Gasteiger partial charge in [-0.3, -0.25) is 4.79 Å². The SMILES string of the molecule is COc1ccc(-c2nnc(SCC(=O)NCCc3ccc(C(F)(F)F)cc3)o2)cc1. The molecule has 0 saturated carbocycles. The Kier molecular flexibility index (Phi) is 6.99. The van der Waals surface area contributed by atoms with Gasteiger partial charge in [0.05, 0.1) is 18.4 Å². The number of thioether (sulfide) groups is 1. The number of carbonyl (C=O) groups is 1. The zero-order valence-corrected chi connectivity index (χ0v) is 16.7. The zero-order valence-electron chi connectivity index (χ0n) is 15.9. The van der Waals surface area contributed by atoms with E-state index in [1.165, 1.54) is 12.1 Å². The van der Waals surface area contributed by atoms with Crippen LogP contribution < -0.4 is 10.1 Å². The van der Waals surface area contributed by atoms with Crippen LogP contribution in [0.2, 0.25) is 0 Å². The molecular weight excluding hydrogens is 419 g/mol. The van der Waals surface area contributed by atoms with Crippen molar-refractivity contribution >= 4 is 17.7 Å². The summed E-state index contributed by atoms with van der Waals surface area (Å²) in [5.41, 5.74) is 0.744. The predicted octanol–water partition coefficient (Wildman–Crippen LogP) is 4.22. The maximum Gasteiger partial charge on any atom is 0.416 e. The molecule has 3 aromatic rings. The molecule has 158 valence electrons. The van der Waals surface area contributed by atoms with Crippen LogP contribution in [0.15, 0.2) is 58.2 Å². The lowest BCUT2D eigenvalue weighted by molar-refractivity contribution is -0.137. The minimum atomic E-state index is -4.36. The number of alkyl halides is 3. The van der Waals surface area contributed by atoms with E-state index in [1.807, 2.05) is 0 Å². The molecule has 0 spiro atoms. The van der Waals surface area contributed by atoms with E-state index in [-0.39, 0.29) is 16.9 Å². The van der Waals surface area contributed by atoms with Gasteiger partial charge in [-0.15, -0.1) is 10.2 Å². The fourth-order valence-electron chi connectivity index (χ4n) is 2.50. The Balaban J connectivity index is 1.42. The molecule has 0 unspecified atom stereocenters. The van der Waals surface area contributed by atoms with Crippen LogP contribution in [0.5, 0.6) is 5.75 Å². The molecule has 1 amide bonds. The fraction of sp³-hybridized carbons (Fsp3) is 0.250. The molecule has 2 aromatic carbocycles. The minimum absolute atomic E-state index is 0.0806. The molecule has 6 nitrogen and oxygen atoms in total. The number of hydrogen-bond acceptors (Lipinski definition) is 6. The number of ether oxygens (including phenoxy) is 1. The number of rotatable bonds is 8. The second-order valence-corrected chi connectivity index (χ2v) is 7.11. The monoisotopic (exact) mass is 437 g/mol. The van der Waals surface area contributed by atoms with Crippen molar-refractivity contribution in [2.24, 2.45) is 0 Å². The second-order valence-electron chi connectivity index (χ2n) is 6.18. The van der Waals surface area contributed by atoms with Crippen molar-refractivity contribution in [3.63, 3.8) is 0 Å². The van der Waals surface area contributed by atoms with E-state index in [4.69, 9.17) is 9.15 Å². The Bertz CT molecular complexity index is 973. The van der Waals surface area contributed by atoms with Gasteiger partial charge in [0.2, 0.25) is 11.8 Å². The molecule has 0 fully saturated rings. The van der Waals surface area contributed by atoms with Crippen molar-refractivity contribution in [2.75, 3.05) is 19.4 Å². The molecule has 1 N–H and O–H groups in total. The number of hydrogen-bond donors (Lipinski definition) is 1. The van der Waals surface area contributed by atoms with E-state index in [2.05, 4.69) is 15.5 Å². The van der Waals surface area contributed by atoms with Gasteiger partial charge < -0.3 is 14.5 Å². The number of halogens is 3. The number of carbonyl (C=O) groups excluding carboxylic acids is 1. The first-order chi connectivity index (χ1) is 14.3. The summed E-state index contributed by atoms with van der Waals surface area (Å²) in [6.45, 7) is 0.311. The first-order valence-electron chi connectivity index (χ1n) is 8.89. The minimum Gasteiger partial charge on any atom is -0.497 e. The maximum absolute atomic E-state index is 12.5. The molecule has 1 heterocycles. The van der Waals surface area contributed by atoms with E-state index in [1.54, 1.807) is 31.4 Å².